The molecule has 0 bridgehead atoms. The molecule has 0 heterocycles. The molecule has 0 saturated heterocycles. The molecule has 0 spiro atoms. The van der Waals surface area contributed by atoms with Crippen LogP contribution >= 0.6 is 23.2 Å². The van der Waals surface area contributed by atoms with Gasteiger partial charge in [-0.1, -0.05) is 53.5 Å². The summed E-state index contributed by atoms with van der Waals surface area (Å²) in [7, 11) is 0. The highest BCUT2D eigenvalue weighted by atomic mass is 35.5. The molecule has 0 aromatic heterocycles. The summed E-state index contributed by atoms with van der Waals surface area (Å²) in [5.41, 5.74) is 9.01. The summed E-state index contributed by atoms with van der Waals surface area (Å²) < 4.78 is 0. The molecular weight excluding hydrogens is 277 g/mol. The van der Waals surface area contributed by atoms with Crippen molar-refractivity contribution in [1.82, 2.24) is 0 Å². The van der Waals surface area contributed by atoms with Crippen molar-refractivity contribution < 1.29 is 0 Å². The van der Waals surface area contributed by atoms with Crippen LogP contribution in [-0.4, -0.2) is 0 Å². The van der Waals surface area contributed by atoms with Gasteiger partial charge in [0.2, 0.25) is 0 Å². The maximum atomic E-state index is 6.43. The fourth-order valence-corrected chi connectivity index (χ4v) is 2.86. The molecule has 2 aromatic rings. The molecule has 0 saturated carbocycles. The highest BCUT2D eigenvalue weighted by molar-refractivity contribution is 6.32. The normalized spacial score (nSPS) is 14.2. The third-order valence-corrected chi connectivity index (χ3v) is 3.94. The number of benzene rings is 2. The maximum absolute atomic E-state index is 6.43. The summed E-state index contributed by atoms with van der Waals surface area (Å²) in [5, 5.41) is 1.44. The van der Waals surface area contributed by atoms with Crippen LogP contribution in [0.5, 0.6) is 0 Å². The molecule has 1 unspecified atom stereocenters. The van der Waals surface area contributed by atoms with Gasteiger partial charge in [-0.15, -0.1) is 0 Å². The van der Waals surface area contributed by atoms with Crippen LogP contribution in [0.4, 0.5) is 0 Å². The van der Waals surface area contributed by atoms with Crippen molar-refractivity contribution in [2.75, 3.05) is 0 Å². The van der Waals surface area contributed by atoms with Gasteiger partial charge >= 0.3 is 0 Å². The van der Waals surface area contributed by atoms with E-state index in [0.717, 1.165) is 21.7 Å². The van der Waals surface area contributed by atoms with E-state index in [9.17, 15) is 0 Å². The van der Waals surface area contributed by atoms with Gasteiger partial charge in [-0.3, -0.25) is 0 Å². The Bertz CT molecular complexity index is 591. The fourth-order valence-electron chi connectivity index (χ4n) is 2.21. The minimum atomic E-state index is -0.544. The van der Waals surface area contributed by atoms with Gasteiger partial charge in [0.05, 0.1) is 0 Å². The molecule has 0 radical (unpaired) electrons. The largest absolute Gasteiger partial charge is 0.321 e. The van der Waals surface area contributed by atoms with Gasteiger partial charge in [-0.05, 0) is 49.1 Å². The molecule has 0 aliphatic carbocycles. The molecule has 19 heavy (non-hydrogen) atoms. The minimum Gasteiger partial charge on any atom is -0.321 e. The summed E-state index contributed by atoms with van der Waals surface area (Å²) in [6.07, 6.45) is 0.649. The standard InChI is InChI=1S/C16H17Cl2N/c1-11-7-8-12(15(18)9-11)10-16(2,19)13-5-3-4-6-14(13)17/h3-9H,10,19H2,1-2H3. The molecule has 0 aliphatic rings. The zero-order chi connectivity index (χ0) is 14.0. The van der Waals surface area contributed by atoms with Crippen molar-refractivity contribution in [2.45, 2.75) is 25.8 Å². The highest BCUT2D eigenvalue weighted by Crippen LogP contribution is 2.31. The van der Waals surface area contributed by atoms with E-state index in [4.69, 9.17) is 28.9 Å². The number of halogens is 2. The van der Waals surface area contributed by atoms with Gasteiger partial charge in [0.25, 0.3) is 0 Å². The summed E-state index contributed by atoms with van der Waals surface area (Å²) in [6, 6.07) is 13.7. The SMILES string of the molecule is Cc1ccc(CC(C)(N)c2ccccc2Cl)c(Cl)c1. The first-order chi connectivity index (χ1) is 8.90. The van der Waals surface area contributed by atoms with E-state index in [1.165, 1.54) is 0 Å². The van der Waals surface area contributed by atoms with Crippen molar-refractivity contribution in [3.63, 3.8) is 0 Å². The molecule has 0 amide bonds. The highest BCUT2D eigenvalue weighted by Gasteiger charge is 2.25. The number of nitrogens with two attached hydrogens (primary N) is 1. The third kappa shape index (κ3) is 3.30. The Hall–Kier alpha value is -1.02. The van der Waals surface area contributed by atoms with Gasteiger partial charge in [0, 0.05) is 15.6 Å². The van der Waals surface area contributed by atoms with Crippen LogP contribution < -0.4 is 5.73 Å². The van der Waals surface area contributed by atoms with Crippen molar-refractivity contribution in [2.24, 2.45) is 5.73 Å². The van der Waals surface area contributed by atoms with E-state index in [2.05, 4.69) is 0 Å². The molecule has 2 aromatic carbocycles. The van der Waals surface area contributed by atoms with E-state index >= 15 is 0 Å². The van der Waals surface area contributed by atoms with E-state index in [1.807, 2.05) is 56.3 Å². The molecule has 1 nitrogen and oxygen atoms in total. The average Bonchev–Trinajstić information content (AvgIpc) is 2.33. The van der Waals surface area contributed by atoms with Gasteiger partial charge in [0.15, 0.2) is 0 Å². The molecule has 100 valence electrons. The maximum Gasteiger partial charge on any atom is 0.0456 e. The Labute approximate surface area is 124 Å². The average molecular weight is 294 g/mol. The molecular formula is C16H17Cl2N. The van der Waals surface area contributed by atoms with Gasteiger partial charge < -0.3 is 5.73 Å². The number of rotatable bonds is 3. The van der Waals surface area contributed by atoms with Gasteiger partial charge in [-0.2, -0.15) is 0 Å². The predicted molar refractivity (Wildman–Crippen MR) is 82.9 cm³/mol. The van der Waals surface area contributed by atoms with Crippen molar-refractivity contribution in [3.8, 4) is 0 Å². The fraction of sp³-hybridized carbons (Fsp3) is 0.250. The first kappa shape index (κ1) is 14.4. The van der Waals surface area contributed by atoms with E-state index in [-0.39, 0.29) is 0 Å². The molecule has 0 fully saturated rings. The Kier molecular flexibility index (Phi) is 4.19. The van der Waals surface area contributed by atoms with Gasteiger partial charge in [-0.25, -0.2) is 0 Å². The summed E-state index contributed by atoms with van der Waals surface area (Å²) in [5.74, 6) is 0. The minimum absolute atomic E-state index is 0.544. The van der Waals surface area contributed by atoms with E-state index < -0.39 is 5.54 Å². The lowest BCUT2D eigenvalue weighted by Crippen LogP contribution is -2.35. The molecule has 2 rings (SSSR count). The van der Waals surface area contributed by atoms with Crippen LogP contribution in [0.3, 0.4) is 0 Å². The van der Waals surface area contributed by atoms with Gasteiger partial charge in [0.1, 0.15) is 0 Å². The summed E-state index contributed by atoms with van der Waals surface area (Å²) >= 11 is 12.5. The van der Waals surface area contributed by atoms with Crippen LogP contribution in [0.25, 0.3) is 0 Å². The Morgan fingerprint density at radius 2 is 1.74 bits per heavy atom. The summed E-state index contributed by atoms with van der Waals surface area (Å²) in [4.78, 5) is 0. The lowest BCUT2D eigenvalue weighted by Gasteiger charge is -2.27. The Morgan fingerprint density at radius 3 is 2.37 bits per heavy atom. The van der Waals surface area contributed by atoms with Crippen LogP contribution in [0.1, 0.15) is 23.6 Å². The van der Waals surface area contributed by atoms with Crippen LogP contribution in [0.2, 0.25) is 10.0 Å². The monoisotopic (exact) mass is 293 g/mol. The van der Waals surface area contributed by atoms with Crippen LogP contribution in [0, 0.1) is 6.92 Å². The van der Waals surface area contributed by atoms with E-state index in [1.54, 1.807) is 0 Å². The molecule has 2 N–H and O–H groups in total. The van der Waals surface area contributed by atoms with Crippen molar-refractivity contribution >= 4 is 23.2 Å². The quantitative estimate of drug-likeness (QED) is 0.871. The molecule has 0 aliphatic heterocycles. The first-order valence-electron chi connectivity index (χ1n) is 6.19. The topological polar surface area (TPSA) is 26.0 Å². The Morgan fingerprint density at radius 1 is 1.05 bits per heavy atom. The van der Waals surface area contributed by atoms with Crippen molar-refractivity contribution in [1.29, 1.82) is 0 Å². The zero-order valence-corrected chi connectivity index (χ0v) is 12.6. The van der Waals surface area contributed by atoms with Crippen molar-refractivity contribution in [3.05, 3.63) is 69.2 Å². The first-order valence-corrected chi connectivity index (χ1v) is 6.95. The second kappa shape index (κ2) is 5.54. The summed E-state index contributed by atoms with van der Waals surface area (Å²) in [6.45, 7) is 4.00. The second-order valence-corrected chi connectivity index (χ2v) is 5.98. The van der Waals surface area contributed by atoms with Crippen LogP contribution in [-0.2, 0) is 12.0 Å². The second-order valence-electron chi connectivity index (χ2n) is 5.17. The zero-order valence-electron chi connectivity index (χ0n) is 11.1. The Balaban J connectivity index is 2.33. The third-order valence-electron chi connectivity index (χ3n) is 3.26. The van der Waals surface area contributed by atoms with Crippen LogP contribution in [0.15, 0.2) is 42.5 Å². The van der Waals surface area contributed by atoms with E-state index in [0.29, 0.717) is 11.4 Å². The number of hydrogen-bond donors (Lipinski definition) is 1. The smallest absolute Gasteiger partial charge is 0.0456 e. The molecule has 3 heteroatoms. The lowest BCUT2D eigenvalue weighted by molar-refractivity contribution is 0.491. The number of hydrogen-bond acceptors (Lipinski definition) is 1. The lowest BCUT2D eigenvalue weighted by atomic mass is 9.86. The predicted octanol–water partition coefficient (Wildman–Crippen LogP) is 4.72. The molecule has 1 atom stereocenters. The number of aryl methyl sites for hydroxylation is 1.